The van der Waals surface area contributed by atoms with Crippen molar-refractivity contribution in [3.8, 4) is 22.8 Å². The Hall–Kier alpha value is -2.62. The molecule has 3 rings (SSSR count). The van der Waals surface area contributed by atoms with Crippen LogP contribution < -0.4 is 4.74 Å². The first-order valence-electron chi connectivity index (χ1n) is 7.07. The van der Waals surface area contributed by atoms with Gasteiger partial charge in [-0.05, 0) is 44.2 Å². The third-order valence-electron chi connectivity index (χ3n) is 3.76. The summed E-state index contributed by atoms with van der Waals surface area (Å²) in [6.07, 6.45) is 0. The standard InChI is InChI=1S/C18H17FN2O/c1-12-13(2)21(15-7-5-4-6-8-15)18(20-12)16-11-14(19)9-10-17(16)22-3/h4-11H,1-3H3. The minimum Gasteiger partial charge on any atom is -0.496 e. The van der Waals surface area contributed by atoms with Gasteiger partial charge in [-0.1, -0.05) is 18.2 Å². The molecule has 0 bridgehead atoms. The molecule has 0 aliphatic carbocycles. The van der Waals surface area contributed by atoms with E-state index in [1.54, 1.807) is 13.2 Å². The lowest BCUT2D eigenvalue weighted by Crippen LogP contribution is -2.01. The van der Waals surface area contributed by atoms with E-state index in [4.69, 9.17) is 4.74 Å². The van der Waals surface area contributed by atoms with Crippen LogP contribution in [0.5, 0.6) is 5.75 Å². The number of para-hydroxylation sites is 1. The van der Waals surface area contributed by atoms with Gasteiger partial charge in [0.05, 0.1) is 18.4 Å². The Morgan fingerprint density at radius 2 is 1.77 bits per heavy atom. The lowest BCUT2D eigenvalue weighted by Gasteiger charge is -2.13. The Balaban J connectivity index is 2.29. The molecular weight excluding hydrogens is 279 g/mol. The van der Waals surface area contributed by atoms with Gasteiger partial charge < -0.3 is 4.74 Å². The van der Waals surface area contributed by atoms with Crippen LogP contribution in [0.3, 0.4) is 0 Å². The van der Waals surface area contributed by atoms with Crippen molar-refractivity contribution in [1.29, 1.82) is 0 Å². The van der Waals surface area contributed by atoms with Crippen LogP contribution in [0.4, 0.5) is 4.39 Å². The number of methoxy groups -OCH3 is 1. The highest BCUT2D eigenvalue weighted by molar-refractivity contribution is 5.67. The first-order chi connectivity index (χ1) is 10.6. The third-order valence-corrected chi connectivity index (χ3v) is 3.76. The van der Waals surface area contributed by atoms with E-state index in [1.807, 2.05) is 48.7 Å². The van der Waals surface area contributed by atoms with E-state index in [0.717, 1.165) is 17.1 Å². The molecule has 3 aromatic rings. The molecule has 1 aromatic heterocycles. The highest BCUT2D eigenvalue weighted by atomic mass is 19.1. The minimum absolute atomic E-state index is 0.311. The summed E-state index contributed by atoms with van der Waals surface area (Å²) in [5.41, 5.74) is 3.56. The molecule has 0 atom stereocenters. The van der Waals surface area contributed by atoms with Gasteiger partial charge >= 0.3 is 0 Å². The van der Waals surface area contributed by atoms with Gasteiger partial charge in [0.15, 0.2) is 0 Å². The van der Waals surface area contributed by atoms with Gasteiger partial charge in [-0.25, -0.2) is 9.37 Å². The number of ether oxygens (including phenoxy) is 1. The molecule has 0 saturated heterocycles. The molecule has 1 heterocycles. The zero-order chi connectivity index (χ0) is 15.7. The van der Waals surface area contributed by atoms with Crippen LogP contribution in [0.1, 0.15) is 11.4 Å². The number of nitrogens with zero attached hydrogens (tertiary/aromatic N) is 2. The summed E-state index contributed by atoms with van der Waals surface area (Å²) >= 11 is 0. The maximum absolute atomic E-state index is 13.7. The normalized spacial score (nSPS) is 10.7. The van der Waals surface area contributed by atoms with Gasteiger partial charge in [0.1, 0.15) is 17.4 Å². The Morgan fingerprint density at radius 1 is 1.05 bits per heavy atom. The van der Waals surface area contributed by atoms with E-state index in [-0.39, 0.29) is 5.82 Å². The van der Waals surface area contributed by atoms with Gasteiger partial charge in [-0.3, -0.25) is 4.57 Å². The van der Waals surface area contributed by atoms with Crippen LogP contribution in [0.15, 0.2) is 48.5 Å². The van der Waals surface area contributed by atoms with Gasteiger partial charge in [0, 0.05) is 11.4 Å². The molecule has 0 aliphatic heterocycles. The molecule has 3 nitrogen and oxygen atoms in total. The molecule has 0 unspecified atom stereocenters. The highest BCUT2D eigenvalue weighted by Crippen LogP contribution is 2.33. The number of hydrogen-bond acceptors (Lipinski definition) is 2. The molecule has 112 valence electrons. The fourth-order valence-electron chi connectivity index (χ4n) is 2.54. The predicted octanol–water partition coefficient (Wildman–Crippen LogP) is 4.30. The molecule has 0 aliphatic rings. The predicted molar refractivity (Wildman–Crippen MR) is 85.0 cm³/mol. The molecule has 0 saturated carbocycles. The van der Waals surface area contributed by atoms with E-state index in [1.165, 1.54) is 12.1 Å². The molecule has 0 fully saturated rings. The average molecular weight is 296 g/mol. The smallest absolute Gasteiger partial charge is 0.148 e. The summed E-state index contributed by atoms with van der Waals surface area (Å²) in [5.74, 6) is 0.967. The second-order valence-electron chi connectivity index (χ2n) is 5.12. The summed E-state index contributed by atoms with van der Waals surface area (Å²) in [4.78, 5) is 4.62. The summed E-state index contributed by atoms with van der Waals surface area (Å²) in [7, 11) is 1.58. The van der Waals surface area contributed by atoms with E-state index >= 15 is 0 Å². The number of aromatic nitrogens is 2. The number of hydrogen-bond donors (Lipinski definition) is 0. The van der Waals surface area contributed by atoms with Crippen molar-refractivity contribution in [3.05, 3.63) is 65.7 Å². The highest BCUT2D eigenvalue weighted by Gasteiger charge is 2.18. The van der Waals surface area contributed by atoms with Gasteiger partial charge in [0.2, 0.25) is 0 Å². The second kappa shape index (κ2) is 5.64. The number of benzene rings is 2. The monoisotopic (exact) mass is 296 g/mol. The summed E-state index contributed by atoms with van der Waals surface area (Å²) < 4.78 is 21.1. The van der Waals surface area contributed by atoms with Crippen molar-refractivity contribution >= 4 is 0 Å². The van der Waals surface area contributed by atoms with Crippen LogP contribution >= 0.6 is 0 Å². The van der Waals surface area contributed by atoms with Crippen molar-refractivity contribution in [3.63, 3.8) is 0 Å². The fraction of sp³-hybridized carbons (Fsp3) is 0.167. The van der Waals surface area contributed by atoms with Gasteiger partial charge in [0.25, 0.3) is 0 Å². The SMILES string of the molecule is COc1ccc(F)cc1-c1nc(C)c(C)n1-c1ccccc1. The van der Waals surface area contributed by atoms with Crippen molar-refractivity contribution in [1.82, 2.24) is 9.55 Å². The number of imidazole rings is 1. The Labute approximate surface area is 129 Å². The minimum atomic E-state index is -0.311. The quantitative estimate of drug-likeness (QED) is 0.720. The van der Waals surface area contributed by atoms with E-state index in [0.29, 0.717) is 17.1 Å². The first kappa shape index (κ1) is 14.3. The Kier molecular flexibility index (Phi) is 3.67. The Bertz CT molecular complexity index is 809. The number of rotatable bonds is 3. The summed E-state index contributed by atoms with van der Waals surface area (Å²) in [6.45, 7) is 3.95. The third kappa shape index (κ3) is 2.37. The van der Waals surface area contributed by atoms with Crippen LogP contribution in [0.25, 0.3) is 17.1 Å². The van der Waals surface area contributed by atoms with E-state index in [9.17, 15) is 4.39 Å². The second-order valence-corrected chi connectivity index (χ2v) is 5.12. The van der Waals surface area contributed by atoms with Crippen LogP contribution in [-0.2, 0) is 0 Å². The first-order valence-corrected chi connectivity index (χ1v) is 7.07. The molecule has 0 radical (unpaired) electrons. The van der Waals surface area contributed by atoms with E-state index < -0.39 is 0 Å². The Morgan fingerprint density at radius 3 is 2.45 bits per heavy atom. The maximum atomic E-state index is 13.7. The van der Waals surface area contributed by atoms with Crippen LogP contribution in [0.2, 0.25) is 0 Å². The molecule has 0 amide bonds. The maximum Gasteiger partial charge on any atom is 0.148 e. The number of halogens is 1. The zero-order valence-electron chi connectivity index (χ0n) is 12.8. The molecular formula is C18H17FN2O. The largest absolute Gasteiger partial charge is 0.496 e. The summed E-state index contributed by atoms with van der Waals surface area (Å²) in [5, 5.41) is 0. The van der Waals surface area contributed by atoms with Gasteiger partial charge in [-0.2, -0.15) is 0 Å². The topological polar surface area (TPSA) is 27.1 Å². The lowest BCUT2D eigenvalue weighted by molar-refractivity contribution is 0.415. The molecule has 4 heteroatoms. The number of aryl methyl sites for hydroxylation is 1. The van der Waals surface area contributed by atoms with Crippen molar-refractivity contribution in [2.45, 2.75) is 13.8 Å². The molecule has 2 aromatic carbocycles. The van der Waals surface area contributed by atoms with Crippen molar-refractivity contribution < 1.29 is 9.13 Å². The van der Waals surface area contributed by atoms with Crippen molar-refractivity contribution in [2.75, 3.05) is 7.11 Å². The average Bonchev–Trinajstić information content (AvgIpc) is 2.83. The molecule has 0 spiro atoms. The molecule has 0 N–H and O–H groups in total. The van der Waals surface area contributed by atoms with E-state index in [2.05, 4.69) is 4.98 Å². The van der Waals surface area contributed by atoms with Crippen molar-refractivity contribution in [2.24, 2.45) is 0 Å². The molecule has 22 heavy (non-hydrogen) atoms. The zero-order valence-corrected chi connectivity index (χ0v) is 12.8. The van der Waals surface area contributed by atoms with Gasteiger partial charge in [-0.15, -0.1) is 0 Å². The van der Waals surface area contributed by atoms with Crippen LogP contribution in [-0.4, -0.2) is 16.7 Å². The lowest BCUT2D eigenvalue weighted by atomic mass is 10.1. The van der Waals surface area contributed by atoms with Crippen LogP contribution in [0, 0.1) is 19.7 Å². The summed E-state index contributed by atoms with van der Waals surface area (Å²) in [6, 6.07) is 14.4. The fourth-order valence-corrected chi connectivity index (χ4v) is 2.54.